The van der Waals surface area contributed by atoms with Crippen LogP contribution < -0.4 is 0 Å². The molecule has 5 nitrogen and oxygen atoms in total. The number of carboxylic acids is 1. The number of alkyl halides is 3. The molecule has 3 unspecified atom stereocenters. The summed E-state index contributed by atoms with van der Waals surface area (Å²) in [5.41, 5.74) is 2.17. The number of aromatic nitrogens is 1. The van der Waals surface area contributed by atoms with Crippen LogP contribution >= 0.6 is 11.3 Å². The maximum absolute atomic E-state index is 14.3. The zero-order valence-corrected chi connectivity index (χ0v) is 27.2. The summed E-state index contributed by atoms with van der Waals surface area (Å²) < 4.78 is 53.1. The Morgan fingerprint density at radius 1 is 1.11 bits per heavy atom. The van der Waals surface area contributed by atoms with Crippen molar-refractivity contribution in [1.82, 2.24) is 14.8 Å². The number of carboxylic acid groups (broad SMARTS) is 1. The molecule has 244 valence electrons. The highest BCUT2D eigenvalue weighted by molar-refractivity contribution is 7.11. The predicted molar refractivity (Wildman–Crippen MR) is 169 cm³/mol. The first-order valence-electron chi connectivity index (χ1n) is 15.8. The van der Waals surface area contributed by atoms with Crippen LogP contribution in [-0.4, -0.2) is 64.6 Å². The number of rotatable bonds is 10. The summed E-state index contributed by atoms with van der Waals surface area (Å²) in [4.78, 5) is 22.7. The van der Waals surface area contributed by atoms with E-state index < -0.39 is 23.8 Å². The normalized spacial score (nSPS) is 22.4. The zero-order valence-electron chi connectivity index (χ0n) is 26.4. The number of aliphatic carboxylic acids is 1. The van der Waals surface area contributed by atoms with Gasteiger partial charge in [0.15, 0.2) is 0 Å². The molecule has 3 aromatic rings. The van der Waals surface area contributed by atoms with Gasteiger partial charge in [0.25, 0.3) is 0 Å². The number of carbonyl (C=O) groups is 1. The van der Waals surface area contributed by atoms with Gasteiger partial charge in [-0.1, -0.05) is 38.1 Å². The molecule has 1 N–H and O–H groups in total. The highest BCUT2D eigenvalue weighted by Crippen LogP contribution is 2.44. The van der Waals surface area contributed by atoms with E-state index >= 15 is 0 Å². The highest BCUT2D eigenvalue weighted by atomic mass is 32.1. The fourth-order valence-corrected chi connectivity index (χ4v) is 8.82. The highest BCUT2D eigenvalue weighted by Gasteiger charge is 2.42. The Labute approximate surface area is 267 Å². The Morgan fingerprint density at radius 2 is 1.80 bits per heavy atom. The molecule has 0 radical (unpaired) electrons. The van der Waals surface area contributed by atoms with Crippen LogP contribution in [0.1, 0.15) is 83.6 Å². The average Bonchev–Trinajstić information content (AvgIpc) is 3.56. The lowest BCUT2D eigenvalue weighted by molar-refractivity contribution is -0.145. The van der Waals surface area contributed by atoms with Crippen LogP contribution in [0, 0.1) is 24.6 Å². The largest absolute Gasteiger partial charge is 0.480 e. The van der Waals surface area contributed by atoms with Crippen molar-refractivity contribution in [3.63, 3.8) is 0 Å². The molecule has 2 heterocycles. The minimum Gasteiger partial charge on any atom is -0.480 e. The van der Waals surface area contributed by atoms with E-state index in [-0.39, 0.29) is 29.6 Å². The molecule has 1 saturated heterocycles. The Balaban J connectivity index is 1.23. The van der Waals surface area contributed by atoms with Gasteiger partial charge in [-0.15, -0.1) is 11.3 Å². The van der Waals surface area contributed by atoms with Crippen molar-refractivity contribution in [3.05, 3.63) is 86.6 Å². The summed E-state index contributed by atoms with van der Waals surface area (Å²) in [6, 6.07) is 11.7. The first-order chi connectivity index (χ1) is 21.3. The van der Waals surface area contributed by atoms with Gasteiger partial charge >= 0.3 is 12.1 Å². The average molecular weight is 646 g/mol. The molecular formula is C35H43F4N3O2S. The topological polar surface area (TPSA) is 56.7 Å². The monoisotopic (exact) mass is 645 g/mol. The van der Waals surface area contributed by atoms with E-state index in [0.29, 0.717) is 12.3 Å². The van der Waals surface area contributed by atoms with Crippen molar-refractivity contribution in [2.45, 2.75) is 83.0 Å². The van der Waals surface area contributed by atoms with Gasteiger partial charge in [0.2, 0.25) is 0 Å². The van der Waals surface area contributed by atoms with Crippen LogP contribution in [0.4, 0.5) is 17.6 Å². The van der Waals surface area contributed by atoms with Crippen molar-refractivity contribution in [2.24, 2.45) is 11.8 Å². The van der Waals surface area contributed by atoms with E-state index in [2.05, 4.69) is 4.90 Å². The molecule has 0 amide bonds. The molecule has 2 aromatic carbocycles. The molecule has 4 atom stereocenters. The smallest absolute Gasteiger partial charge is 0.416 e. The molecule has 1 aliphatic carbocycles. The van der Waals surface area contributed by atoms with Crippen molar-refractivity contribution < 1.29 is 27.5 Å². The molecule has 5 rings (SSSR count). The standard InChI is InChI=1S/C35H43F4N3O2S/c1-21(2)32(34(43)44)41(4)29-18-26(30(19-29)25-6-5-7-28(36)17-25)20-42-14-12-24(13-15-42)33-22(3)40-31(45-33)16-23-8-10-27(11-9-23)35(37,38)39/h5-11,17,21,24,26,29-30,32H,12-16,18-20H2,1-4H3,(H,43,44)/t26?,29?,30?,32-/m1/s1. The third-order valence-electron chi connectivity index (χ3n) is 9.81. The van der Waals surface area contributed by atoms with Crippen molar-refractivity contribution >= 4 is 17.3 Å². The van der Waals surface area contributed by atoms with Gasteiger partial charge in [0.1, 0.15) is 11.9 Å². The molecule has 45 heavy (non-hydrogen) atoms. The van der Waals surface area contributed by atoms with Gasteiger partial charge in [0, 0.05) is 23.9 Å². The van der Waals surface area contributed by atoms with Crippen molar-refractivity contribution in [1.29, 1.82) is 0 Å². The lowest BCUT2D eigenvalue weighted by atomic mass is 9.87. The quantitative estimate of drug-likeness (QED) is 0.227. The number of nitrogens with zero attached hydrogens (tertiary/aromatic N) is 3. The number of halogens is 4. The Bertz CT molecular complexity index is 1450. The third kappa shape index (κ3) is 7.95. The van der Waals surface area contributed by atoms with E-state index in [1.807, 2.05) is 38.8 Å². The summed E-state index contributed by atoms with van der Waals surface area (Å²) in [5, 5.41) is 10.9. The number of hydrogen-bond acceptors (Lipinski definition) is 5. The Hall–Kier alpha value is -2.82. The second-order valence-corrected chi connectivity index (χ2v) is 14.4. The van der Waals surface area contributed by atoms with Crippen molar-refractivity contribution in [3.8, 4) is 0 Å². The molecule has 1 saturated carbocycles. The molecule has 2 fully saturated rings. The fourth-order valence-electron chi connectivity index (χ4n) is 7.55. The number of likely N-dealkylation sites (tertiary alicyclic amines) is 1. The van der Waals surface area contributed by atoms with Crippen LogP contribution in [0.5, 0.6) is 0 Å². The summed E-state index contributed by atoms with van der Waals surface area (Å²) in [6.45, 7) is 8.67. The van der Waals surface area contributed by atoms with Crippen LogP contribution in [0.25, 0.3) is 0 Å². The van der Waals surface area contributed by atoms with Gasteiger partial charge in [0.05, 0.1) is 16.3 Å². The fraction of sp³-hybridized carbons (Fsp3) is 0.543. The van der Waals surface area contributed by atoms with Gasteiger partial charge in [-0.25, -0.2) is 9.37 Å². The maximum atomic E-state index is 14.3. The van der Waals surface area contributed by atoms with E-state index in [0.717, 1.165) is 79.3 Å². The Kier molecular flexibility index (Phi) is 10.4. The first kappa shape index (κ1) is 33.5. The molecule has 1 aliphatic heterocycles. The lowest BCUT2D eigenvalue weighted by Crippen LogP contribution is -2.47. The Morgan fingerprint density at radius 3 is 2.40 bits per heavy atom. The van der Waals surface area contributed by atoms with Crippen LogP contribution in [0.3, 0.4) is 0 Å². The predicted octanol–water partition coefficient (Wildman–Crippen LogP) is 7.98. The second kappa shape index (κ2) is 13.9. The molecule has 10 heteroatoms. The number of thiazole rings is 1. The zero-order chi connectivity index (χ0) is 32.5. The van der Waals surface area contributed by atoms with Gasteiger partial charge in [-0.3, -0.25) is 9.69 Å². The SMILES string of the molecule is Cc1nc(Cc2ccc(C(F)(F)F)cc2)sc1C1CCN(CC2CC(N(C)[C@@H](C(=O)O)C(C)C)CC2c2cccc(F)c2)CC1. The second-order valence-electron chi connectivity index (χ2n) is 13.2. The minimum absolute atomic E-state index is 0.0242. The lowest BCUT2D eigenvalue weighted by Gasteiger charge is -2.35. The van der Waals surface area contributed by atoms with Crippen LogP contribution in [-0.2, 0) is 17.4 Å². The van der Waals surface area contributed by atoms with Gasteiger partial charge in [-0.05, 0) is 112 Å². The molecule has 2 aliphatic rings. The molecular weight excluding hydrogens is 602 g/mol. The van der Waals surface area contributed by atoms with Gasteiger partial charge < -0.3 is 10.0 Å². The first-order valence-corrected chi connectivity index (χ1v) is 16.7. The van der Waals surface area contributed by atoms with Crippen molar-refractivity contribution in [2.75, 3.05) is 26.7 Å². The number of piperidine rings is 1. The molecule has 0 bridgehead atoms. The molecule has 0 spiro atoms. The summed E-state index contributed by atoms with van der Waals surface area (Å²) in [5.74, 6) is -0.233. The van der Waals surface area contributed by atoms with Crippen LogP contribution in [0.15, 0.2) is 48.5 Å². The van der Waals surface area contributed by atoms with Gasteiger partial charge in [-0.2, -0.15) is 13.2 Å². The third-order valence-corrected chi connectivity index (χ3v) is 11.1. The minimum atomic E-state index is -4.34. The number of hydrogen-bond donors (Lipinski definition) is 1. The van der Waals surface area contributed by atoms with E-state index in [9.17, 15) is 27.5 Å². The summed E-state index contributed by atoms with van der Waals surface area (Å²) in [6.07, 6.45) is -0.156. The summed E-state index contributed by atoms with van der Waals surface area (Å²) in [7, 11) is 1.92. The summed E-state index contributed by atoms with van der Waals surface area (Å²) >= 11 is 1.67. The maximum Gasteiger partial charge on any atom is 0.416 e. The molecule has 1 aromatic heterocycles. The number of likely N-dealkylation sites (N-methyl/N-ethyl adjacent to an activating group) is 1. The van der Waals surface area contributed by atoms with E-state index in [1.165, 1.54) is 23.1 Å². The number of aryl methyl sites for hydroxylation is 1. The number of benzene rings is 2. The van der Waals surface area contributed by atoms with E-state index in [4.69, 9.17) is 4.98 Å². The van der Waals surface area contributed by atoms with Crippen LogP contribution in [0.2, 0.25) is 0 Å². The van der Waals surface area contributed by atoms with E-state index in [1.54, 1.807) is 23.5 Å².